The molecule has 1 aromatic rings. The van der Waals surface area contributed by atoms with Gasteiger partial charge in [-0.3, -0.25) is 9.89 Å². The minimum atomic E-state index is 0.159. The molecule has 2 saturated heterocycles. The van der Waals surface area contributed by atoms with E-state index < -0.39 is 0 Å². The summed E-state index contributed by atoms with van der Waals surface area (Å²) in [7, 11) is 1.91. The van der Waals surface area contributed by atoms with Crippen LogP contribution in [0.5, 0.6) is 0 Å². The Balaban J connectivity index is 1.50. The van der Waals surface area contributed by atoms with Crippen molar-refractivity contribution in [3.05, 3.63) is 22.4 Å². The topological polar surface area (TPSA) is 30.9 Å². The zero-order valence-electron chi connectivity index (χ0n) is 16.5. The van der Waals surface area contributed by atoms with Crippen molar-refractivity contribution in [1.29, 1.82) is 0 Å². The highest BCUT2D eigenvalue weighted by Gasteiger charge is 2.53. The van der Waals surface area contributed by atoms with Gasteiger partial charge in [-0.25, -0.2) is 0 Å². The number of guanidine groups is 1. The van der Waals surface area contributed by atoms with Crippen LogP contribution in [-0.2, 0) is 6.54 Å². The lowest BCUT2D eigenvalue weighted by molar-refractivity contribution is -0.0669. The molecule has 25 heavy (non-hydrogen) atoms. The number of nitrogens with one attached hydrogen (secondary N) is 1. The van der Waals surface area contributed by atoms with Gasteiger partial charge in [-0.1, -0.05) is 19.9 Å². The van der Waals surface area contributed by atoms with E-state index in [1.54, 1.807) is 0 Å². The fourth-order valence-corrected chi connectivity index (χ4v) is 4.76. The van der Waals surface area contributed by atoms with Gasteiger partial charge in [-0.05, 0) is 50.6 Å². The first-order chi connectivity index (χ1) is 11.8. The summed E-state index contributed by atoms with van der Waals surface area (Å²) in [4.78, 5) is 11.1. The lowest BCUT2D eigenvalue weighted by Gasteiger charge is -2.62. The Morgan fingerprint density at radius 2 is 2.16 bits per heavy atom. The van der Waals surface area contributed by atoms with E-state index in [-0.39, 0.29) is 5.54 Å². The smallest absolute Gasteiger partial charge is 0.194 e. The van der Waals surface area contributed by atoms with E-state index in [4.69, 9.17) is 0 Å². The van der Waals surface area contributed by atoms with Crippen molar-refractivity contribution in [3.8, 4) is 0 Å². The van der Waals surface area contributed by atoms with E-state index >= 15 is 0 Å². The Labute approximate surface area is 157 Å². The number of piperidine rings is 1. The van der Waals surface area contributed by atoms with Crippen molar-refractivity contribution in [1.82, 2.24) is 15.1 Å². The number of rotatable bonds is 4. The molecule has 0 spiro atoms. The standard InChI is InChI=1S/C20H34N4S/c1-19(2)15-24(20(19,3)4)18(21-5)22-12-16-8-6-10-23(13-16)14-17-9-7-11-25-17/h7,9,11,16H,6,8,10,12-15H2,1-5H3,(H,21,22). The molecule has 0 aliphatic carbocycles. The highest BCUT2D eigenvalue weighted by molar-refractivity contribution is 7.09. The first-order valence-corrected chi connectivity index (χ1v) is 10.4. The number of nitrogens with zero attached hydrogens (tertiary/aromatic N) is 3. The first-order valence-electron chi connectivity index (χ1n) is 9.56. The van der Waals surface area contributed by atoms with Gasteiger partial charge in [0, 0.05) is 49.1 Å². The van der Waals surface area contributed by atoms with Crippen LogP contribution < -0.4 is 5.32 Å². The van der Waals surface area contributed by atoms with E-state index in [1.165, 1.54) is 30.8 Å². The average Bonchev–Trinajstić information content (AvgIpc) is 3.07. The van der Waals surface area contributed by atoms with Crippen LogP contribution in [0.1, 0.15) is 45.4 Å². The van der Waals surface area contributed by atoms with Gasteiger partial charge in [0.15, 0.2) is 5.96 Å². The van der Waals surface area contributed by atoms with Gasteiger partial charge in [0.25, 0.3) is 0 Å². The molecule has 2 fully saturated rings. The Bertz CT molecular complexity index is 591. The molecule has 0 radical (unpaired) electrons. The van der Waals surface area contributed by atoms with Crippen LogP contribution in [0.15, 0.2) is 22.5 Å². The fraction of sp³-hybridized carbons (Fsp3) is 0.750. The van der Waals surface area contributed by atoms with Crippen molar-refractivity contribution in [2.75, 3.05) is 33.2 Å². The molecule has 2 aliphatic rings. The monoisotopic (exact) mass is 362 g/mol. The summed E-state index contributed by atoms with van der Waals surface area (Å²) in [5, 5.41) is 5.84. The maximum Gasteiger partial charge on any atom is 0.194 e. The van der Waals surface area contributed by atoms with Gasteiger partial charge in [-0.15, -0.1) is 11.3 Å². The van der Waals surface area contributed by atoms with Gasteiger partial charge < -0.3 is 10.2 Å². The van der Waals surface area contributed by atoms with E-state index in [0.29, 0.717) is 11.3 Å². The molecule has 3 rings (SSSR count). The van der Waals surface area contributed by atoms with E-state index in [1.807, 2.05) is 18.4 Å². The Morgan fingerprint density at radius 3 is 2.76 bits per heavy atom. The Kier molecular flexibility index (Phi) is 5.45. The summed E-state index contributed by atoms with van der Waals surface area (Å²) in [5.41, 5.74) is 0.500. The summed E-state index contributed by atoms with van der Waals surface area (Å²) in [5.74, 6) is 1.78. The average molecular weight is 363 g/mol. The van der Waals surface area contributed by atoms with Gasteiger partial charge in [-0.2, -0.15) is 0 Å². The van der Waals surface area contributed by atoms with E-state index in [0.717, 1.165) is 25.6 Å². The third-order valence-electron chi connectivity index (χ3n) is 6.46. The van der Waals surface area contributed by atoms with Gasteiger partial charge in [0.1, 0.15) is 0 Å². The highest BCUT2D eigenvalue weighted by Crippen LogP contribution is 2.46. The first kappa shape index (κ1) is 18.7. The molecule has 1 aromatic heterocycles. The number of likely N-dealkylation sites (tertiary alicyclic amines) is 2. The predicted molar refractivity (Wildman–Crippen MR) is 108 cm³/mol. The van der Waals surface area contributed by atoms with Gasteiger partial charge in [0.2, 0.25) is 0 Å². The predicted octanol–water partition coefficient (Wildman–Crippen LogP) is 3.66. The molecule has 5 heteroatoms. The zero-order chi connectivity index (χ0) is 18.1. The third kappa shape index (κ3) is 3.87. The minimum Gasteiger partial charge on any atom is -0.356 e. The Morgan fingerprint density at radius 1 is 1.36 bits per heavy atom. The second-order valence-electron chi connectivity index (χ2n) is 8.78. The van der Waals surface area contributed by atoms with Crippen LogP contribution in [0.3, 0.4) is 0 Å². The quantitative estimate of drug-likeness (QED) is 0.655. The maximum atomic E-state index is 4.55. The minimum absolute atomic E-state index is 0.159. The molecule has 0 bridgehead atoms. The van der Waals surface area contributed by atoms with E-state index in [2.05, 4.69) is 65.3 Å². The maximum absolute atomic E-state index is 4.55. The lowest BCUT2D eigenvalue weighted by atomic mass is 9.65. The zero-order valence-corrected chi connectivity index (χ0v) is 17.3. The van der Waals surface area contributed by atoms with Crippen LogP contribution >= 0.6 is 11.3 Å². The molecular formula is C20H34N4S. The summed E-state index contributed by atoms with van der Waals surface area (Å²) in [6.07, 6.45) is 2.62. The number of thiophene rings is 1. The second-order valence-corrected chi connectivity index (χ2v) is 9.81. The molecule has 2 aliphatic heterocycles. The molecule has 3 heterocycles. The molecular weight excluding hydrogens is 328 g/mol. The van der Waals surface area contributed by atoms with Crippen LogP contribution in [-0.4, -0.2) is 54.5 Å². The lowest BCUT2D eigenvalue weighted by Crippen LogP contribution is -2.72. The largest absolute Gasteiger partial charge is 0.356 e. The van der Waals surface area contributed by atoms with Crippen LogP contribution in [0.2, 0.25) is 0 Å². The second kappa shape index (κ2) is 7.28. The molecule has 1 N–H and O–H groups in total. The van der Waals surface area contributed by atoms with Crippen LogP contribution in [0, 0.1) is 11.3 Å². The number of hydrogen-bond acceptors (Lipinski definition) is 3. The van der Waals surface area contributed by atoms with Crippen LogP contribution in [0.4, 0.5) is 0 Å². The van der Waals surface area contributed by atoms with Crippen molar-refractivity contribution in [3.63, 3.8) is 0 Å². The summed E-state index contributed by atoms with van der Waals surface area (Å²) < 4.78 is 0. The SMILES string of the molecule is CN=C(NCC1CCCN(Cc2cccs2)C1)N1CC(C)(C)C1(C)C. The van der Waals surface area contributed by atoms with Crippen molar-refractivity contribution < 1.29 is 0 Å². The molecule has 1 unspecified atom stereocenters. The Hall–Kier alpha value is -1.07. The van der Waals surface area contributed by atoms with E-state index in [9.17, 15) is 0 Å². The van der Waals surface area contributed by atoms with Gasteiger partial charge >= 0.3 is 0 Å². The number of hydrogen-bond donors (Lipinski definition) is 1. The van der Waals surface area contributed by atoms with Crippen LogP contribution in [0.25, 0.3) is 0 Å². The third-order valence-corrected chi connectivity index (χ3v) is 7.32. The highest BCUT2D eigenvalue weighted by atomic mass is 32.1. The molecule has 4 nitrogen and oxygen atoms in total. The normalized spacial score (nSPS) is 26.4. The molecule has 1 atom stereocenters. The summed E-state index contributed by atoms with van der Waals surface area (Å²) >= 11 is 1.87. The molecule has 0 aromatic carbocycles. The fourth-order valence-electron chi connectivity index (χ4n) is 4.02. The van der Waals surface area contributed by atoms with Crippen molar-refractivity contribution in [2.45, 2.75) is 52.6 Å². The molecule has 0 amide bonds. The summed E-state index contributed by atoms with van der Waals surface area (Å²) in [6.45, 7) is 15.0. The molecule has 0 saturated carbocycles. The van der Waals surface area contributed by atoms with Crippen molar-refractivity contribution in [2.24, 2.45) is 16.3 Å². The summed E-state index contributed by atoms with van der Waals surface area (Å²) in [6, 6.07) is 4.41. The van der Waals surface area contributed by atoms with Crippen molar-refractivity contribution >= 4 is 17.3 Å². The van der Waals surface area contributed by atoms with Gasteiger partial charge in [0.05, 0.1) is 0 Å². The number of aliphatic imine (C=N–C) groups is 1. The molecule has 140 valence electrons.